The van der Waals surface area contributed by atoms with Crippen molar-refractivity contribution in [2.24, 2.45) is 0 Å². The van der Waals surface area contributed by atoms with Crippen LogP contribution in [-0.2, 0) is 14.8 Å². The molecule has 0 aliphatic carbocycles. The number of hydrogen-bond donors (Lipinski definition) is 1. The number of carbonyl (C=O) groups is 1. The van der Waals surface area contributed by atoms with E-state index >= 15 is 0 Å². The summed E-state index contributed by atoms with van der Waals surface area (Å²) in [7, 11) is -2.42. The lowest BCUT2D eigenvalue weighted by Crippen LogP contribution is -2.33. The highest BCUT2D eigenvalue weighted by atomic mass is 32.2. The summed E-state index contributed by atoms with van der Waals surface area (Å²) in [6.07, 6.45) is 0.816. The molecule has 1 N–H and O–H groups in total. The highest BCUT2D eigenvalue weighted by molar-refractivity contribution is 7.89. The Morgan fingerprint density at radius 2 is 1.90 bits per heavy atom. The van der Waals surface area contributed by atoms with Crippen molar-refractivity contribution in [1.82, 2.24) is 9.62 Å². The summed E-state index contributed by atoms with van der Waals surface area (Å²) in [5.74, 6) is -1.53. The van der Waals surface area contributed by atoms with Gasteiger partial charge in [0.05, 0.1) is 12.0 Å². The van der Waals surface area contributed by atoms with E-state index in [1.807, 2.05) is 24.3 Å². The lowest BCUT2D eigenvalue weighted by atomic mass is 9.98. The van der Waals surface area contributed by atoms with Crippen LogP contribution in [0.5, 0.6) is 5.75 Å². The van der Waals surface area contributed by atoms with Gasteiger partial charge in [0.15, 0.2) is 11.6 Å². The standard InChI is InChI=1S/C20H22F2N2O4S/c1-28-16-4-2-14(3-5-16)15-9-11-24(13-15)20(25)8-10-23-29(26,27)17-6-7-18(21)19(22)12-17/h2-7,12,15,23H,8-11,13H2,1H3. The van der Waals surface area contributed by atoms with Gasteiger partial charge in [-0.1, -0.05) is 12.1 Å². The summed E-state index contributed by atoms with van der Waals surface area (Å²) in [4.78, 5) is 13.7. The van der Waals surface area contributed by atoms with E-state index in [1.165, 1.54) is 0 Å². The number of benzene rings is 2. The molecule has 0 radical (unpaired) electrons. The van der Waals surface area contributed by atoms with Gasteiger partial charge in [-0.2, -0.15) is 0 Å². The van der Waals surface area contributed by atoms with Crippen molar-refractivity contribution in [2.75, 3.05) is 26.7 Å². The van der Waals surface area contributed by atoms with Crippen LogP contribution in [0.25, 0.3) is 0 Å². The minimum absolute atomic E-state index is 0.0156. The molecule has 156 valence electrons. The molecule has 1 amide bonds. The molecule has 0 spiro atoms. The van der Waals surface area contributed by atoms with Gasteiger partial charge in [0.1, 0.15) is 5.75 Å². The number of likely N-dealkylation sites (tertiary alicyclic amines) is 1. The molecule has 2 aromatic carbocycles. The number of rotatable bonds is 7. The van der Waals surface area contributed by atoms with Crippen molar-refractivity contribution in [3.8, 4) is 5.75 Å². The predicted molar refractivity (Wildman–Crippen MR) is 103 cm³/mol. The summed E-state index contributed by atoms with van der Waals surface area (Å²) in [6.45, 7) is 1.05. The van der Waals surface area contributed by atoms with E-state index < -0.39 is 21.7 Å². The quantitative estimate of drug-likeness (QED) is 0.742. The fourth-order valence-corrected chi connectivity index (χ4v) is 4.36. The highest BCUT2D eigenvalue weighted by Crippen LogP contribution is 2.28. The summed E-state index contributed by atoms with van der Waals surface area (Å²) >= 11 is 0. The van der Waals surface area contributed by atoms with E-state index in [9.17, 15) is 22.0 Å². The van der Waals surface area contributed by atoms with Gasteiger partial charge in [-0.3, -0.25) is 4.79 Å². The zero-order valence-electron chi connectivity index (χ0n) is 15.9. The molecular weight excluding hydrogens is 402 g/mol. The van der Waals surface area contributed by atoms with Crippen LogP contribution < -0.4 is 9.46 Å². The van der Waals surface area contributed by atoms with Crippen molar-refractivity contribution >= 4 is 15.9 Å². The Bertz CT molecular complexity index is 980. The first-order chi connectivity index (χ1) is 13.8. The lowest BCUT2D eigenvalue weighted by molar-refractivity contribution is -0.130. The van der Waals surface area contributed by atoms with Gasteiger partial charge in [-0.15, -0.1) is 0 Å². The molecule has 0 saturated carbocycles. The van der Waals surface area contributed by atoms with Gasteiger partial charge in [-0.05, 0) is 42.3 Å². The first-order valence-corrected chi connectivity index (χ1v) is 10.6. The van der Waals surface area contributed by atoms with Crippen LogP contribution in [0, 0.1) is 11.6 Å². The topological polar surface area (TPSA) is 75.7 Å². The first-order valence-electron chi connectivity index (χ1n) is 9.16. The van der Waals surface area contributed by atoms with Crippen LogP contribution >= 0.6 is 0 Å². The number of sulfonamides is 1. The van der Waals surface area contributed by atoms with Crippen molar-refractivity contribution in [3.05, 3.63) is 59.7 Å². The fourth-order valence-electron chi connectivity index (χ4n) is 3.31. The molecular formula is C20H22F2N2O4S. The van der Waals surface area contributed by atoms with Crippen LogP contribution in [0.3, 0.4) is 0 Å². The Morgan fingerprint density at radius 3 is 2.55 bits per heavy atom. The number of hydrogen-bond acceptors (Lipinski definition) is 4. The van der Waals surface area contributed by atoms with Gasteiger partial charge < -0.3 is 9.64 Å². The maximum absolute atomic E-state index is 13.2. The molecule has 1 fully saturated rings. The van der Waals surface area contributed by atoms with Crippen LogP contribution in [-0.4, -0.2) is 46.0 Å². The molecule has 29 heavy (non-hydrogen) atoms. The Labute approximate surface area is 168 Å². The van der Waals surface area contributed by atoms with Crippen molar-refractivity contribution in [1.29, 1.82) is 0 Å². The van der Waals surface area contributed by atoms with E-state index in [4.69, 9.17) is 4.74 Å². The Kier molecular flexibility index (Phi) is 6.49. The number of nitrogens with one attached hydrogen (secondary N) is 1. The van der Waals surface area contributed by atoms with Gasteiger partial charge >= 0.3 is 0 Å². The maximum atomic E-state index is 13.2. The molecule has 1 atom stereocenters. The van der Waals surface area contributed by atoms with Crippen LogP contribution in [0.1, 0.15) is 24.3 Å². The average Bonchev–Trinajstić information content (AvgIpc) is 3.20. The van der Waals surface area contributed by atoms with Gasteiger partial charge in [0.2, 0.25) is 15.9 Å². The molecule has 0 bridgehead atoms. The Morgan fingerprint density at radius 1 is 1.17 bits per heavy atom. The third-order valence-corrected chi connectivity index (χ3v) is 6.42. The smallest absolute Gasteiger partial charge is 0.240 e. The third-order valence-electron chi connectivity index (χ3n) is 4.96. The Hall–Kier alpha value is -2.52. The molecule has 1 unspecified atom stereocenters. The second kappa shape index (κ2) is 8.87. The van der Waals surface area contributed by atoms with Gasteiger partial charge in [0, 0.05) is 32.0 Å². The molecule has 1 saturated heterocycles. The monoisotopic (exact) mass is 424 g/mol. The molecule has 6 nitrogen and oxygen atoms in total. The van der Waals surface area contributed by atoms with Crippen LogP contribution in [0.2, 0.25) is 0 Å². The van der Waals surface area contributed by atoms with Gasteiger partial charge in [0.25, 0.3) is 0 Å². The molecule has 1 aliphatic rings. The second-order valence-corrected chi connectivity index (χ2v) is 8.59. The number of nitrogens with zero attached hydrogens (tertiary/aromatic N) is 1. The Balaban J connectivity index is 1.51. The first kappa shape index (κ1) is 21.2. The van der Waals surface area contributed by atoms with E-state index in [2.05, 4.69) is 4.72 Å². The summed E-state index contributed by atoms with van der Waals surface area (Å²) < 4.78 is 57.9. The number of methoxy groups -OCH3 is 1. The van der Waals surface area contributed by atoms with Crippen LogP contribution in [0.4, 0.5) is 8.78 Å². The van der Waals surface area contributed by atoms with Crippen molar-refractivity contribution in [2.45, 2.75) is 23.7 Å². The number of amides is 1. The van der Waals surface area contributed by atoms with E-state index in [-0.39, 0.29) is 29.7 Å². The highest BCUT2D eigenvalue weighted by Gasteiger charge is 2.27. The molecule has 1 aliphatic heterocycles. The summed E-state index contributed by atoms with van der Waals surface area (Å²) in [6, 6.07) is 10.1. The molecule has 1 heterocycles. The third kappa shape index (κ3) is 5.10. The van der Waals surface area contributed by atoms with Crippen molar-refractivity contribution < 1.29 is 26.7 Å². The fraction of sp³-hybridized carbons (Fsp3) is 0.350. The van der Waals surface area contributed by atoms with E-state index in [0.717, 1.165) is 29.9 Å². The average molecular weight is 424 g/mol. The van der Waals surface area contributed by atoms with Crippen LogP contribution in [0.15, 0.2) is 47.4 Å². The maximum Gasteiger partial charge on any atom is 0.240 e. The predicted octanol–water partition coefficient (Wildman–Crippen LogP) is 2.66. The summed E-state index contributed by atoms with van der Waals surface area (Å²) in [5.41, 5.74) is 1.13. The zero-order chi connectivity index (χ0) is 21.0. The van der Waals surface area contributed by atoms with Gasteiger partial charge in [-0.25, -0.2) is 21.9 Å². The van der Waals surface area contributed by atoms with Crippen molar-refractivity contribution in [3.63, 3.8) is 0 Å². The minimum atomic E-state index is -4.02. The zero-order valence-corrected chi connectivity index (χ0v) is 16.7. The molecule has 2 aromatic rings. The SMILES string of the molecule is COc1ccc(C2CCN(C(=O)CCNS(=O)(=O)c3ccc(F)c(F)c3)C2)cc1. The molecule has 9 heteroatoms. The second-order valence-electron chi connectivity index (χ2n) is 6.82. The number of halogens is 2. The normalized spacial score (nSPS) is 16.8. The molecule has 0 aromatic heterocycles. The summed E-state index contributed by atoms with van der Waals surface area (Å²) in [5, 5.41) is 0. The minimum Gasteiger partial charge on any atom is -0.497 e. The number of carbonyl (C=O) groups excluding carboxylic acids is 1. The van der Waals surface area contributed by atoms with E-state index in [1.54, 1.807) is 12.0 Å². The number of ether oxygens (including phenoxy) is 1. The molecule has 3 rings (SSSR count). The lowest BCUT2D eigenvalue weighted by Gasteiger charge is -2.17. The van der Waals surface area contributed by atoms with E-state index in [0.29, 0.717) is 19.2 Å². The largest absolute Gasteiger partial charge is 0.497 e.